The summed E-state index contributed by atoms with van der Waals surface area (Å²) in [6, 6.07) is 8.64. The zero-order valence-corrected chi connectivity index (χ0v) is 24.0. The maximum absolute atomic E-state index is 11.8. The molecule has 0 saturated heterocycles. The third-order valence-corrected chi connectivity index (χ3v) is 7.49. The van der Waals surface area contributed by atoms with Crippen molar-refractivity contribution in [3.05, 3.63) is 69.8 Å². The van der Waals surface area contributed by atoms with E-state index in [1.807, 2.05) is 20.8 Å². The second-order valence-corrected chi connectivity index (χ2v) is 9.69. The van der Waals surface area contributed by atoms with Gasteiger partial charge >= 0.3 is 0 Å². The number of ether oxygens (including phenoxy) is 3. The van der Waals surface area contributed by atoms with Crippen LogP contribution in [0.1, 0.15) is 47.8 Å². The van der Waals surface area contributed by atoms with Crippen LogP contribution in [0, 0.1) is 20.8 Å². The molecule has 0 aliphatic rings. The van der Waals surface area contributed by atoms with Crippen LogP contribution in [0.15, 0.2) is 36.4 Å². The first-order valence-electron chi connectivity index (χ1n) is 12.8. The van der Waals surface area contributed by atoms with Crippen LogP contribution in [0.25, 0.3) is 33.4 Å². The molecule has 0 saturated carbocycles. The van der Waals surface area contributed by atoms with Crippen LogP contribution in [-0.4, -0.2) is 55.5 Å². The highest BCUT2D eigenvalue weighted by Crippen LogP contribution is 2.50. The van der Waals surface area contributed by atoms with Crippen molar-refractivity contribution in [1.29, 1.82) is 0 Å². The third kappa shape index (κ3) is 4.79. The fourth-order valence-corrected chi connectivity index (χ4v) is 5.56. The second kappa shape index (κ2) is 11.7. The number of methoxy groups -OCH3 is 3. The molecular formula is C33H30O9. The van der Waals surface area contributed by atoms with Gasteiger partial charge < -0.3 is 29.5 Å². The molecule has 0 fully saturated rings. The Labute approximate surface area is 242 Å². The lowest BCUT2D eigenvalue weighted by Crippen LogP contribution is -2.04. The van der Waals surface area contributed by atoms with Gasteiger partial charge in [-0.15, -0.1) is 0 Å². The summed E-state index contributed by atoms with van der Waals surface area (Å²) < 4.78 is 16.9. The predicted molar refractivity (Wildman–Crippen MR) is 158 cm³/mol. The molecule has 4 aromatic rings. The fraction of sp³-hybridized carbons (Fsp3) is 0.182. The number of aldehydes is 3. The summed E-state index contributed by atoms with van der Waals surface area (Å²) in [4.78, 5) is 35.5. The number of carbonyl (C=O) groups is 3. The van der Waals surface area contributed by atoms with Gasteiger partial charge in [-0.05, 0) is 72.4 Å². The van der Waals surface area contributed by atoms with Gasteiger partial charge in [-0.25, -0.2) is 0 Å². The average Bonchev–Trinajstić information content (AvgIpc) is 2.98. The monoisotopic (exact) mass is 570 g/mol. The van der Waals surface area contributed by atoms with E-state index in [0.29, 0.717) is 86.2 Å². The van der Waals surface area contributed by atoms with Crippen LogP contribution < -0.4 is 14.2 Å². The van der Waals surface area contributed by atoms with Crippen molar-refractivity contribution >= 4 is 18.9 Å². The van der Waals surface area contributed by atoms with Crippen molar-refractivity contribution in [2.75, 3.05) is 21.3 Å². The second-order valence-electron chi connectivity index (χ2n) is 9.69. The lowest BCUT2D eigenvalue weighted by Gasteiger charge is -2.26. The number of benzene rings is 4. The first kappa shape index (κ1) is 29.7. The van der Waals surface area contributed by atoms with E-state index in [1.54, 1.807) is 0 Å². The number of hydrogen-bond donors (Lipinski definition) is 3. The van der Waals surface area contributed by atoms with E-state index in [-0.39, 0.29) is 33.9 Å². The normalized spacial score (nSPS) is 10.7. The number of aromatic hydroxyl groups is 3. The number of phenols is 3. The number of rotatable bonds is 9. The molecular weight excluding hydrogens is 540 g/mol. The summed E-state index contributed by atoms with van der Waals surface area (Å²) in [7, 11) is 4.33. The van der Waals surface area contributed by atoms with Crippen molar-refractivity contribution in [2.45, 2.75) is 20.8 Å². The molecule has 9 nitrogen and oxygen atoms in total. The Morgan fingerprint density at radius 2 is 0.714 bits per heavy atom. The van der Waals surface area contributed by atoms with Gasteiger partial charge in [0.1, 0.15) is 34.5 Å². The lowest BCUT2D eigenvalue weighted by atomic mass is 9.79. The van der Waals surface area contributed by atoms with Gasteiger partial charge in [-0.3, -0.25) is 14.4 Å². The number of hydrogen-bond acceptors (Lipinski definition) is 9. The Kier molecular flexibility index (Phi) is 8.24. The highest BCUT2D eigenvalue weighted by atomic mass is 16.5. The van der Waals surface area contributed by atoms with Crippen LogP contribution in [0.2, 0.25) is 0 Å². The molecule has 0 aliphatic carbocycles. The molecule has 0 radical (unpaired) electrons. The van der Waals surface area contributed by atoms with Gasteiger partial charge in [-0.1, -0.05) is 0 Å². The van der Waals surface area contributed by atoms with Gasteiger partial charge in [0, 0.05) is 34.9 Å². The minimum Gasteiger partial charge on any atom is -0.507 e. The van der Waals surface area contributed by atoms with Crippen LogP contribution >= 0.6 is 0 Å². The van der Waals surface area contributed by atoms with Crippen molar-refractivity contribution in [2.24, 2.45) is 0 Å². The topological polar surface area (TPSA) is 140 Å². The third-order valence-electron chi connectivity index (χ3n) is 7.49. The molecule has 0 atom stereocenters. The van der Waals surface area contributed by atoms with Crippen LogP contribution in [0.4, 0.5) is 0 Å². The Hall–Kier alpha value is -5.31. The van der Waals surface area contributed by atoms with E-state index in [0.717, 1.165) is 0 Å². The van der Waals surface area contributed by atoms with Gasteiger partial charge in [0.25, 0.3) is 0 Å². The van der Waals surface area contributed by atoms with E-state index in [1.165, 1.54) is 57.7 Å². The molecule has 0 aliphatic heterocycles. The van der Waals surface area contributed by atoms with Gasteiger partial charge in [0.05, 0.1) is 38.0 Å². The maximum Gasteiger partial charge on any atom is 0.153 e. The van der Waals surface area contributed by atoms with Crippen molar-refractivity contribution in [1.82, 2.24) is 0 Å². The quantitative estimate of drug-likeness (QED) is 0.201. The molecule has 9 heteroatoms. The predicted octanol–water partition coefficient (Wildman–Crippen LogP) is 6.19. The SMILES string of the molecule is COc1cc(O)c(C=O)cc1-c1c(C)c(-c2cc(C=O)c(O)cc2OC)c(C)c(-c2cc(C=O)c(O)cc2OC)c1C. The van der Waals surface area contributed by atoms with Gasteiger partial charge in [0.15, 0.2) is 18.9 Å². The summed E-state index contributed by atoms with van der Waals surface area (Å²) in [5.74, 6) is 0.132. The van der Waals surface area contributed by atoms with E-state index < -0.39 is 0 Å². The van der Waals surface area contributed by atoms with Crippen molar-refractivity contribution in [3.63, 3.8) is 0 Å². The van der Waals surface area contributed by atoms with Gasteiger partial charge in [0.2, 0.25) is 0 Å². The maximum atomic E-state index is 11.8. The molecule has 0 spiro atoms. The number of phenolic OH excluding ortho intramolecular Hbond substituents is 3. The Morgan fingerprint density at radius 3 is 0.905 bits per heavy atom. The molecule has 0 unspecified atom stereocenters. The molecule has 0 heterocycles. The van der Waals surface area contributed by atoms with Gasteiger partial charge in [-0.2, -0.15) is 0 Å². The van der Waals surface area contributed by atoms with Crippen LogP contribution in [0.3, 0.4) is 0 Å². The molecule has 0 aromatic heterocycles. The molecule has 42 heavy (non-hydrogen) atoms. The lowest BCUT2D eigenvalue weighted by molar-refractivity contribution is 0.111. The van der Waals surface area contributed by atoms with E-state index in [2.05, 4.69) is 0 Å². The fourth-order valence-electron chi connectivity index (χ4n) is 5.56. The molecule has 4 rings (SSSR count). The Morgan fingerprint density at radius 1 is 0.476 bits per heavy atom. The van der Waals surface area contributed by atoms with Crippen molar-refractivity contribution in [3.8, 4) is 67.9 Å². The minimum atomic E-state index is -0.250. The van der Waals surface area contributed by atoms with Crippen LogP contribution in [0.5, 0.6) is 34.5 Å². The molecule has 216 valence electrons. The molecule has 0 amide bonds. The summed E-state index contributed by atoms with van der Waals surface area (Å²) in [5, 5.41) is 31.2. The van der Waals surface area contributed by atoms with Crippen LogP contribution in [-0.2, 0) is 0 Å². The molecule has 0 bridgehead atoms. The highest BCUT2D eigenvalue weighted by molar-refractivity contribution is 5.98. The zero-order valence-electron chi connectivity index (χ0n) is 24.0. The largest absolute Gasteiger partial charge is 0.507 e. The molecule has 4 aromatic carbocycles. The summed E-state index contributed by atoms with van der Waals surface area (Å²) in [6.07, 6.45) is 1.62. The zero-order chi connectivity index (χ0) is 30.9. The summed E-state index contributed by atoms with van der Waals surface area (Å²) in [6.45, 7) is 5.58. The summed E-state index contributed by atoms with van der Waals surface area (Å²) >= 11 is 0. The van der Waals surface area contributed by atoms with Crippen molar-refractivity contribution < 1.29 is 43.9 Å². The average molecular weight is 571 g/mol. The van der Waals surface area contributed by atoms with E-state index in [4.69, 9.17) is 14.2 Å². The molecule has 3 N–H and O–H groups in total. The van der Waals surface area contributed by atoms with E-state index in [9.17, 15) is 29.7 Å². The van der Waals surface area contributed by atoms with E-state index >= 15 is 0 Å². The highest BCUT2D eigenvalue weighted by Gasteiger charge is 2.27. The first-order valence-corrected chi connectivity index (χ1v) is 12.8. The first-order chi connectivity index (χ1) is 20.1. The Balaban J connectivity index is 2.30. The Bertz CT molecular complexity index is 1530. The standard InChI is InChI=1S/C33H30O9/c1-16-31(22-7-19(13-34)25(37)10-28(22)40-4)17(2)33(24-9-21(15-36)27(39)12-30(24)42-6)18(3)32(16)23-8-20(14-35)26(38)11-29(23)41-5/h7-15,37-39H,1-6H3. The summed E-state index contributed by atoms with van der Waals surface area (Å²) in [5.41, 5.74) is 5.67. The number of carbonyl (C=O) groups excluding carboxylic acids is 3. The minimum absolute atomic E-state index is 0.0455. The smallest absolute Gasteiger partial charge is 0.153 e.